The highest BCUT2D eigenvalue weighted by atomic mass is 16.5. The van der Waals surface area contributed by atoms with Crippen molar-refractivity contribution in [3.8, 4) is 0 Å². The van der Waals surface area contributed by atoms with Crippen molar-refractivity contribution in [2.75, 3.05) is 6.54 Å². The second kappa shape index (κ2) is 15.6. The van der Waals surface area contributed by atoms with Crippen LogP contribution in [0.15, 0.2) is 30.3 Å². The summed E-state index contributed by atoms with van der Waals surface area (Å²) in [5, 5.41) is 19.9. The third kappa shape index (κ3) is 9.99. The van der Waals surface area contributed by atoms with Crippen LogP contribution in [0.5, 0.6) is 0 Å². The van der Waals surface area contributed by atoms with Gasteiger partial charge in [0.25, 0.3) is 5.91 Å². The first-order valence-corrected chi connectivity index (χ1v) is 16.7. The summed E-state index contributed by atoms with van der Waals surface area (Å²) in [6.07, 6.45) is 1.39. The Hall–Kier alpha value is -3.51. The van der Waals surface area contributed by atoms with Crippen LogP contribution in [0.4, 0.5) is 4.79 Å². The predicted octanol–water partition coefficient (Wildman–Crippen LogP) is 2.86. The van der Waals surface area contributed by atoms with Crippen molar-refractivity contribution in [2.45, 2.75) is 118 Å². The van der Waals surface area contributed by atoms with Crippen molar-refractivity contribution < 1.29 is 33.8 Å². The van der Waals surface area contributed by atoms with E-state index in [0.717, 1.165) is 18.4 Å². The summed E-state index contributed by atoms with van der Waals surface area (Å²) in [6.45, 7) is 15.1. The summed E-state index contributed by atoms with van der Waals surface area (Å²) in [5.41, 5.74) is 3.96. The maximum atomic E-state index is 14.3. The van der Waals surface area contributed by atoms with E-state index in [2.05, 4.69) is 16.0 Å². The molecule has 1 saturated heterocycles. The maximum Gasteiger partial charge on any atom is 0.332 e. The molecule has 0 aromatic heterocycles. The van der Waals surface area contributed by atoms with E-state index < -0.39 is 64.9 Å². The van der Waals surface area contributed by atoms with Gasteiger partial charge in [0, 0.05) is 6.54 Å². The number of esters is 1. The Labute approximate surface area is 278 Å². The van der Waals surface area contributed by atoms with Crippen LogP contribution in [0, 0.1) is 29.1 Å². The van der Waals surface area contributed by atoms with Crippen LogP contribution in [0.3, 0.4) is 0 Å². The number of hydrogen-bond donors (Lipinski definition) is 5. The predicted molar refractivity (Wildman–Crippen MR) is 177 cm³/mol. The van der Waals surface area contributed by atoms with Gasteiger partial charge in [-0.1, -0.05) is 91.6 Å². The molecule has 6 N–H and O–H groups in total. The maximum absolute atomic E-state index is 14.3. The molecule has 0 bridgehead atoms. The number of amides is 4. The number of likely N-dealkylation sites (tertiary alicyclic amines) is 1. The van der Waals surface area contributed by atoms with Gasteiger partial charge in [0.15, 0.2) is 0 Å². The van der Waals surface area contributed by atoms with Crippen molar-refractivity contribution in [1.29, 1.82) is 0 Å². The Balaban J connectivity index is 1.79. The van der Waals surface area contributed by atoms with Crippen LogP contribution < -0.4 is 21.7 Å². The fourth-order valence-electron chi connectivity index (χ4n) is 5.88. The minimum Gasteiger partial charge on any atom is -0.459 e. The van der Waals surface area contributed by atoms with Gasteiger partial charge in [-0.2, -0.15) is 0 Å². The van der Waals surface area contributed by atoms with Crippen molar-refractivity contribution in [3.63, 3.8) is 0 Å². The molecule has 2 unspecified atom stereocenters. The van der Waals surface area contributed by atoms with E-state index in [-0.39, 0.29) is 30.3 Å². The largest absolute Gasteiger partial charge is 0.459 e. The zero-order valence-electron chi connectivity index (χ0n) is 29.2. The highest BCUT2D eigenvalue weighted by Crippen LogP contribution is 2.35. The summed E-state index contributed by atoms with van der Waals surface area (Å²) in [7, 11) is 0. The fourth-order valence-corrected chi connectivity index (χ4v) is 5.88. The van der Waals surface area contributed by atoms with Crippen LogP contribution >= 0.6 is 0 Å². The average molecular weight is 658 g/mol. The van der Waals surface area contributed by atoms with E-state index in [1.54, 1.807) is 25.7 Å². The fraction of sp³-hybridized carbons (Fsp3) is 0.686. The topological polar surface area (TPSA) is 180 Å². The smallest absolute Gasteiger partial charge is 0.332 e. The summed E-state index contributed by atoms with van der Waals surface area (Å²) in [4.78, 5) is 67.1. The molecule has 1 saturated carbocycles. The number of urea groups is 1. The molecule has 1 aliphatic heterocycles. The van der Waals surface area contributed by atoms with Gasteiger partial charge in [-0.05, 0) is 54.4 Å². The molecule has 1 heterocycles. The van der Waals surface area contributed by atoms with Gasteiger partial charge < -0.3 is 31.1 Å². The van der Waals surface area contributed by atoms with Gasteiger partial charge in [0.1, 0.15) is 24.4 Å². The van der Waals surface area contributed by atoms with E-state index in [4.69, 9.17) is 10.5 Å². The summed E-state index contributed by atoms with van der Waals surface area (Å²) < 4.78 is 5.58. The normalized spacial score (nSPS) is 21.5. The molecule has 2 fully saturated rings. The molecule has 0 radical (unpaired) electrons. The molecule has 12 nitrogen and oxygen atoms in total. The van der Waals surface area contributed by atoms with Crippen molar-refractivity contribution >= 4 is 29.6 Å². The number of nitrogens with zero attached hydrogens (tertiary/aromatic N) is 1. The Bertz CT molecular complexity index is 1280. The highest BCUT2D eigenvalue weighted by Gasteiger charge is 2.47. The number of primary amides is 1. The lowest BCUT2D eigenvalue weighted by Crippen LogP contribution is -2.64. The molecule has 1 aromatic carbocycles. The van der Waals surface area contributed by atoms with Gasteiger partial charge >= 0.3 is 12.0 Å². The van der Waals surface area contributed by atoms with Crippen molar-refractivity contribution in [1.82, 2.24) is 20.9 Å². The first-order chi connectivity index (χ1) is 21.8. The molecule has 4 amide bonds. The van der Waals surface area contributed by atoms with Gasteiger partial charge in [0.05, 0.1) is 12.1 Å². The van der Waals surface area contributed by atoms with Gasteiger partial charge in [-0.15, -0.1) is 0 Å². The number of hydrogen-bond acceptors (Lipinski definition) is 8. The third-order valence-corrected chi connectivity index (χ3v) is 9.72. The summed E-state index contributed by atoms with van der Waals surface area (Å²) in [6, 6.07) is 5.81. The number of ether oxygens (including phenoxy) is 1. The Kier molecular flexibility index (Phi) is 12.6. The van der Waals surface area contributed by atoms with E-state index in [9.17, 15) is 29.1 Å². The van der Waals surface area contributed by atoms with E-state index in [1.807, 2.05) is 65.0 Å². The lowest BCUT2D eigenvalue weighted by Gasteiger charge is -2.38. The molecule has 47 heavy (non-hydrogen) atoms. The molecule has 1 aliphatic carbocycles. The number of ketones is 1. The molecule has 3 rings (SSSR count). The molecular formula is C35H55N5O7. The van der Waals surface area contributed by atoms with Gasteiger partial charge in [-0.3, -0.25) is 19.7 Å². The first-order valence-electron chi connectivity index (χ1n) is 16.7. The number of aliphatic hydroxyl groups is 1. The number of aliphatic hydroxyl groups excluding tert-OH is 1. The van der Waals surface area contributed by atoms with Gasteiger partial charge in [-0.25, -0.2) is 9.59 Å². The number of benzene rings is 1. The lowest BCUT2D eigenvalue weighted by atomic mass is 9.85. The first kappa shape index (κ1) is 37.9. The Morgan fingerprint density at radius 3 is 2.15 bits per heavy atom. The number of carbonyl (C=O) groups excluding carboxylic acids is 5. The Morgan fingerprint density at radius 2 is 1.64 bits per heavy atom. The van der Waals surface area contributed by atoms with Crippen LogP contribution in [0.2, 0.25) is 0 Å². The zero-order valence-corrected chi connectivity index (χ0v) is 29.2. The standard InChI is InChI=1S/C35H55N5O7/c1-20(2)24-17-26(30(43)37-25(16-22-14-15-22)27(41)29(36)42)40(18-24)31(44)28(34(5,6)7)38-33(46)39-35(8,21(3)4)32(45)47-19-23-12-10-9-11-13-23/h9-13,20-22,24-26,28,30,37,43H,14-19H2,1-8H3,(H2,36,42)(H2,38,39,46)/t24-,25?,26+,28-,30?,35+/m1/s1. The number of nitrogens with one attached hydrogen (secondary N) is 3. The van der Waals surface area contributed by atoms with Crippen molar-refractivity contribution in [2.24, 2.45) is 34.8 Å². The molecule has 0 spiro atoms. The van der Waals surface area contributed by atoms with Gasteiger partial charge in [0.2, 0.25) is 11.7 Å². The van der Waals surface area contributed by atoms with Crippen molar-refractivity contribution in [3.05, 3.63) is 35.9 Å². The molecular weight excluding hydrogens is 602 g/mol. The van der Waals surface area contributed by atoms with Crippen LogP contribution in [0.1, 0.15) is 86.6 Å². The minimum absolute atomic E-state index is 0.0463. The zero-order chi connectivity index (χ0) is 35.3. The number of Topliss-reactive ketones (excluding diaryl/α,β-unsaturated/α-hetero) is 1. The molecule has 2 aliphatic rings. The summed E-state index contributed by atoms with van der Waals surface area (Å²) in [5.74, 6) is -2.72. The van der Waals surface area contributed by atoms with Crippen LogP contribution in [0.25, 0.3) is 0 Å². The average Bonchev–Trinajstić information content (AvgIpc) is 3.70. The second-order valence-electron chi connectivity index (χ2n) is 15.2. The van der Waals surface area contributed by atoms with E-state index in [0.29, 0.717) is 19.4 Å². The number of carbonyl (C=O) groups is 5. The molecule has 6 atom stereocenters. The molecule has 12 heteroatoms. The Morgan fingerprint density at radius 1 is 1.02 bits per heavy atom. The van der Waals surface area contributed by atoms with Crippen LogP contribution in [-0.2, 0) is 30.5 Å². The SMILES string of the molecule is CC(C)[C@@H]1C[C@@H](C(O)NC(CC2CC2)C(=O)C(N)=O)N(C(=O)[C@@H](NC(=O)N[C@](C)(C(=O)OCc2ccccc2)C(C)C)C(C)(C)C)C1. The van der Waals surface area contributed by atoms with E-state index in [1.165, 1.54) is 0 Å². The molecule has 262 valence electrons. The highest BCUT2D eigenvalue weighted by molar-refractivity contribution is 6.37. The molecule has 1 aromatic rings. The number of rotatable bonds is 15. The van der Waals surface area contributed by atoms with E-state index >= 15 is 0 Å². The summed E-state index contributed by atoms with van der Waals surface area (Å²) >= 11 is 0. The lowest BCUT2D eigenvalue weighted by molar-refractivity contribution is -0.153. The second-order valence-corrected chi connectivity index (χ2v) is 15.2. The monoisotopic (exact) mass is 657 g/mol. The quantitative estimate of drug-likeness (QED) is 0.109. The number of nitrogens with two attached hydrogens (primary N) is 1. The third-order valence-electron chi connectivity index (χ3n) is 9.72. The van der Waals surface area contributed by atoms with Crippen LogP contribution in [-0.4, -0.2) is 76.0 Å². The minimum atomic E-state index is -1.40.